The van der Waals surface area contributed by atoms with Crippen LogP contribution < -0.4 is 14.8 Å². The number of carbonyl (C=O) groups excluding carboxylic acids is 1. The van der Waals surface area contributed by atoms with E-state index in [0.29, 0.717) is 31.1 Å². The molecule has 0 spiro atoms. The molecule has 180 valence electrons. The van der Waals surface area contributed by atoms with E-state index in [0.717, 1.165) is 55.9 Å². The number of nitrogens with one attached hydrogen (secondary N) is 1. The maximum Gasteiger partial charge on any atom is 0.416 e. The molecule has 0 unspecified atom stereocenters. The molecule has 0 saturated carbocycles. The van der Waals surface area contributed by atoms with Crippen molar-refractivity contribution in [2.24, 2.45) is 0 Å². The molecule has 3 rings (SSSR count). The molecule has 6 nitrogen and oxygen atoms in total. The monoisotopic (exact) mass is 465 g/mol. The molecule has 1 aliphatic rings. The number of hydrogen-bond donors (Lipinski definition) is 1. The van der Waals surface area contributed by atoms with Gasteiger partial charge in [0.25, 0.3) is 0 Å². The first-order valence-electron chi connectivity index (χ1n) is 10.9. The van der Waals surface area contributed by atoms with Gasteiger partial charge >= 0.3 is 6.18 Å². The predicted octanol–water partition coefficient (Wildman–Crippen LogP) is 3.55. The number of nitrogens with zero attached hydrogens (tertiary/aromatic N) is 2. The van der Waals surface area contributed by atoms with Gasteiger partial charge in [-0.2, -0.15) is 13.2 Å². The first-order valence-corrected chi connectivity index (χ1v) is 10.9. The van der Waals surface area contributed by atoms with Crippen LogP contribution in [0.3, 0.4) is 0 Å². The molecule has 1 heterocycles. The Balaban J connectivity index is 1.44. The van der Waals surface area contributed by atoms with Crippen molar-refractivity contribution in [3.8, 4) is 11.5 Å². The highest BCUT2D eigenvalue weighted by Crippen LogP contribution is 2.29. The summed E-state index contributed by atoms with van der Waals surface area (Å²) in [5.41, 5.74) is 1.14. The predicted molar refractivity (Wildman–Crippen MR) is 119 cm³/mol. The van der Waals surface area contributed by atoms with Crippen LogP contribution >= 0.6 is 0 Å². The number of rotatable bonds is 8. The number of amides is 1. The van der Waals surface area contributed by atoms with Crippen molar-refractivity contribution in [2.45, 2.75) is 25.7 Å². The van der Waals surface area contributed by atoms with Gasteiger partial charge in [-0.05, 0) is 54.9 Å². The van der Waals surface area contributed by atoms with E-state index < -0.39 is 11.7 Å². The molecule has 0 aromatic heterocycles. The summed E-state index contributed by atoms with van der Waals surface area (Å²) >= 11 is 0. The lowest BCUT2D eigenvalue weighted by molar-refractivity contribution is -0.137. The molecule has 1 N–H and O–H groups in total. The summed E-state index contributed by atoms with van der Waals surface area (Å²) in [7, 11) is 3.14. The van der Waals surface area contributed by atoms with Crippen LogP contribution in [0.15, 0.2) is 42.5 Å². The second kappa shape index (κ2) is 11.4. The third-order valence-electron chi connectivity index (χ3n) is 5.67. The molecular formula is C24H30F3N3O3. The molecule has 0 atom stereocenters. The van der Waals surface area contributed by atoms with Crippen LogP contribution in [0, 0.1) is 0 Å². The highest BCUT2D eigenvalue weighted by atomic mass is 19.4. The molecule has 1 aliphatic heterocycles. The Kier molecular flexibility index (Phi) is 8.57. The quantitative estimate of drug-likeness (QED) is 0.646. The first kappa shape index (κ1) is 24.9. The van der Waals surface area contributed by atoms with Gasteiger partial charge in [0.05, 0.1) is 26.3 Å². The summed E-state index contributed by atoms with van der Waals surface area (Å²) < 4.78 is 48.7. The first-order chi connectivity index (χ1) is 15.8. The topological polar surface area (TPSA) is 54.0 Å². The molecule has 1 amide bonds. The van der Waals surface area contributed by atoms with Gasteiger partial charge in [-0.15, -0.1) is 0 Å². The van der Waals surface area contributed by atoms with Gasteiger partial charge in [-0.3, -0.25) is 14.6 Å². The Morgan fingerprint density at radius 1 is 0.909 bits per heavy atom. The molecule has 0 radical (unpaired) electrons. The van der Waals surface area contributed by atoms with E-state index in [1.54, 1.807) is 20.3 Å². The molecule has 0 bridgehead atoms. The molecule has 33 heavy (non-hydrogen) atoms. The summed E-state index contributed by atoms with van der Waals surface area (Å²) in [6, 6.07) is 10.8. The highest BCUT2D eigenvalue weighted by molar-refractivity contribution is 5.78. The summed E-state index contributed by atoms with van der Waals surface area (Å²) in [5, 5.41) is 2.94. The third-order valence-corrected chi connectivity index (χ3v) is 5.67. The fourth-order valence-electron chi connectivity index (χ4n) is 3.85. The normalized spacial score (nSPS) is 15.7. The number of hydrogen-bond acceptors (Lipinski definition) is 5. The number of methoxy groups -OCH3 is 2. The minimum absolute atomic E-state index is 0.0547. The zero-order valence-electron chi connectivity index (χ0n) is 19.0. The van der Waals surface area contributed by atoms with Crippen molar-refractivity contribution in [2.75, 3.05) is 46.9 Å². The molecule has 2 aromatic rings. The van der Waals surface area contributed by atoms with Gasteiger partial charge in [-0.1, -0.05) is 18.2 Å². The zero-order valence-corrected chi connectivity index (χ0v) is 19.0. The Hall–Kier alpha value is -2.78. The second-order valence-electron chi connectivity index (χ2n) is 8.07. The maximum absolute atomic E-state index is 12.7. The Morgan fingerprint density at radius 3 is 2.21 bits per heavy atom. The number of ether oxygens (including phenoxy) is 2. The second-order valence-corrected chi connectivity index (χ2v) is 8.07. The minimum Gasteiger partial charge on any atom is -0.493 e. The standard InChI is InChI=1S/C24H30F3N3O3/c1-32-21-9-6-19(14-22(21)33-2)15-28-23(31)17-30-11-3-10-29(12-13-30)16-18-4-7-20(8-5-18)24(25,26)27/h4-9,14H,3,10-13,15-17H2,1-2H3,(H,28,31). The molecule has 2 aromatic carbocycles. The summed E-state index contributed by atoms with van der Waals surface area (Å²) in [6.45, 7) is 4.42. The Bertz CT molecular complexity index is 919. The van der Waals surface area contributed by atoms with Crippen LogP contribution in [0.4, 0.5) is 13.2 Å². The van der Waals surface area contributed by atoms with Gasteiger partial charge < -0.3 is 14.8 Å². The lowest BCUT2D eigenvalue weighted by Gasteiger charge is -2.22. The van der Waals surface area contributed by atoms with Gasteiger partial charge in [0.15, 0.2) is 11.5 Å². The van der Waals surface area contributed by atoms with E-state index >= 15 is 0 Å². The summed E-state index contributed by atoms with van der Waals surface area (Å²) in [4.78, 5) is 16.8. The van der Waals surface area contributed by atoms with Crippen LogP contribution in [-0.4, -0.2) is 62.7 Å². The van der Waals surface area contributed by atoms with Crippen molar-refractivity contribution in [3.05, 3.63) is 59.2 Å². The summed E-state index contributed by atoms with van der Waals surface area (Å²) in [6.07, 6.45) is -3.43. The maximum atomic E-state index is 12.7. The lowest BCUT2D eigenvalue weighted by atomic mass is 10.1. The molecule has 1 saturated heterocycles. The van der Waals surface area contributed by atoms with E-state index in [-0.39, 0.29) is 5.91 Å². The van der Waals surface area contributed by atoms with Crippen molar-refractivity contribution >= 4 is 5.91 Å². The number of carbonyl (C=O) groups is 1. The lowest BCUT2D eigenvalue weighted by Crippen LogP contribution is -2.39. The molecular weight excluding hydrogens is 435 g/mol. The van der Waals surface area contributed by atoms with E-state index in [4.69, 9.17) is 9.47 Å². The average molecular weight is 466 g/mol. The van der Waals surface area contributed by atoms with Crippen LogP contribution in [0.2, 0.25) is 0 Å². The largest absolute Gasteiger partial charge is 0.493 e. The van der Waals surface area contributed by atoms with E-state index in [1.807, 2.05) is 12.1 Å². The SMILES string of the molecule is COc1ccc(CNC(=O)CN2CCCN(Cc3ccc(C(F)(F)F)cc3)CC2)cc1OC. The Labute approximate surface area is 192 Å². The van der Waals surface area contributed by atoms with Gasteiger partial charge in [0.2, 0.25) is 5.91 Å². The van der Waals surface area contributed by atoms with E-state index in [2.05, 4.69) is 15.1 Å². The summed E-state index contributed by atoms with van der Waals surface area (Å²) in [5.74, 6) is 1.20. The van der Waals surface area contributed by atoms with Crippen molar-refractivity contribution in [1.29, 1.82) is 0 Å². The Morgan fingerprint density at radius 2 is 1.55 bits per heavy atom. The average Bonchev–Trinajstić information content (AvgIpc) is 3.02. The van der Waals surface area contributed by atoms with E-state index in [1.165, 1.54) is 12.1 Å². The highest BCUT2D eigenvalue weighted by Gasteiger charge is 2.30. The van der Waals surface area contributed by atoms with Crippen molar-refractivity contribution < 1.29 is 27.4 Å². The molecule has 1 fully saturated rings. The zero-order chi connectivity index (χ0) is 23.8. The fourth-order valence-corrected chi connectivity index (χ4v) is 3.85. The molecule has 9 heteroatoms. The number of alkyl halides is 3. The smallest absolute Gasteiger partial charge is 0.416 e. The van der Waals surface area contributed by atoms with Crippen LogP contribution in [0.5, 0.6) is 11.5 Å². The van der Waals surface area contributed by atoms with Crippen molar-refractivity contribution in [1.82, 2.24) is 15.1 Å². The number of benzene rings is 2. The minimum atomic E-state index is -4.32. The van der Waals surface area contributed by atoms with Gasteiger partial charge in [0.1, 0.15) is 0 Å². The van der Waals surface area contributed by atoms with Crippen LogP contribution in [0.1, 0.15) is 23.1 Å². The van der Waals surface area contributed by atoms with E-state index in [9.17, 15) is 18.0 Å². The van der Waals surface area contributed by atoms with Gasteiger partial charge in [0, 0.05) is 26.2 Å². The van der Waals surface area contributed by atoms with Crippen LogP contribution in [0.25, 0.3) is 0 Å². The van der Waals surface area contributed by atoms with Crippen molar-refractivity contribution in [3.63, 3.8) is 0 Å². The van der Waals surface area contributed by atoms with Gasteiger partial charge in [-0.25, -0.2) is 0 Å². The molecule has 0 aliphatic carbocycles. The number of halogens is 3. The third kappa shape index (κ3) is 7.36. The fraction of sp³-hybridized carbons (Fsp3) is 0.458. The van der Waals surface area contributed by atoms with Crippen LogP contribution in [-0.2, 0) is 24.1 Å².